The summed E-state index contributed by atoms with van der Waals surface area (Å²) in [5, 5.41) is 0. The van der Waals surface area contributed by atoms with Gasteiger partial charge in [0.15, 0.2) is 0 Å². The molecular formula is C13H16BrFO. The van der Waals surface area contributed by atoms with Gasteiger partial charge in [0.05, 0.1) is 6.61 Å². The zero-order valence-electron chi connectivity index (χ0n) is 9.59. The second kappa shape index (κ2) is 4.84. The molecule has 1 aliphatic rings. The third-order valence-electron chi connectivity index (χ3n) is 3.21. The van der Waals surface area contributed by atoms with Gasteiger partial charge in [-0.15, -0.1) is 0 Å². The number of ether oxygens (including phenoxy) is 1. The van der Waals surface area contributed by atoms with Crippen LogP contribution in [0.1, 0.15) is 27.9 Å². The number of alkyl halides is 1. The van der Waals surface area contributed by atoms with Gasteiger partial charge in [-0.1, -0.05) is 15.9 Å². The first-order chi connectivity index (χ1) is 7.59. The molecule has 2 atom stereocenters. The zero-order valence-corrected chi connectivity index (χ0v) is 11.2. The van der Waals surface area contributed by atoms with Gasteiger partial charge in [-0.25, -0.2) is 4.39 Å². The maximum atomic E-state index is 13.2. The van der Waals surface area contributed by atoms with Crippen LogP contribution in [0.4, 0.5) is 4.39 Å². The van der Waals surface area contributed by atoms with Gasteiger partial charge in [0, 0.05) is 17.4 Å². The Bertz CT molecular complexity index is 363. The van der Waals surface area contributed by atoms with E-state index in [1.807, 2.05) is 13.8 Å². The maximum absolute atomic E-state index is 13.2. The van der Waals surface area contributed by atoms with Gasteiger partial charge in [0.2, 0.25) is 0 Å². The van der Waals surface area contributed by atoms with Crippen molar-refractivity contribution in [2.75, 3.05) is 13.2 Å². The summed E-state index contributed by atoms with van der Waals surface area (Å²) < 4.78 is 18.6. The second-order valence-electron chi connectivity index (χ2n) is 4.48. The largest absolute Gasteiger partial charge is 0.381 e. The van der Waals surface area contributed by atoms with Crippen molar-refractivity contribution in [3.63, 3.8) is 0 Å². The highest BCUT2D eigenvalue weighted by Crippen LogP contribution is 2.39. The molecule has 2 rings (SSSR count). The SMILES string of the molecule is Cc1cc(F)cc(C)c1C(Br)C1CCOC1. The van der Waals surface area contributed by atoms with Crippen molar-refractivity contribution in [2.24, 2.45) is 5.92 Å². The monoisotopic (exact) mass is 286 g/mol. The minimum atomic E-state index is -0.152. The van der Waals surface area contributed by atoms with E-state index < -0.39 is 0 Å². The Labute approximate surface area is 104 Å². The second-order valence-corrected chi connectivity index (χ2v) is 5.47. The first-order valence-electron chi connectivity index (χ1n) is 5.58. The number of hydrogen-bond donors (Lipinski definition) is 0. The lowest BCUT2D eigenvalue weighted by Crippen LogP contribution is -2.10. The van der Waals surface area contributed by atoms with Gasteiger partial charge in [-0.05, 0) is 49.1 Å². The Balaban J connectivity index is 2.31. The molecule has 0 saturated carbocycles. The number of rotatable bonds is 2. The van der Waals surface area contributed by atoms with E-state index >= 15 is 0 Å². The van der Waals surface area contributed by atoms with E-state index in [1.165, 1.54) is 5.56 Å². The number of hydrogen-bond acceptors (Lipinski definition) is 1. The summed E-state index contributed by atoms with van der Waals surface area (Å²) in [5.74, 6) is 0.351. The van der Waals surface area contributed by atoms with Gasteiger partial charge in [-0.2, -0.15) is 0 Å². The lowest BCUT2D eigenvalue weighted by atomic mass is 9.92. The summed E-state index contributed by atoms with van der Waals surface area (Å²) in [7, 11) is 0. The van der Waals surface area contributed by atoms with Crippen LogP contribution < -0.4 is 0 Å². The summed E-state index contributed by atoms with van der Waals surface area (Å²) in [5.41, 5.74) is 3.26. The quantitative estimate of drug-likeness (QED) is 0.749. The molecule has 1 fully saturated rings. The standard InChI is InChI=1S/C13H16BrFO/c1-8-5-11(15)6-9(2)12(8)13(14)10-3-4-16-7-10/h5-6,10,13H,3-4,7H2,1-2H3. The zero-order chi connectivity index (χ0) is 11.7. The van der Waals surface area contributed by atoms with Gasteiger partial charge >= 0.3 is 0 Å². The Hall–Kier alpha value is -0.410. The fourth-order valence-electron chi connectivity index (χ4n) is 2.38. The Kier molecular flexibility index (Phi) is 3.65. The fraction of sp³-hybridized carbons (Fsp3) is 0.538. The molecule has 0 aliphatic carbocycles. The van der Waals surface area contributed by atoms with Gasteiger partial charge in [0.25, 0.3) is 0 Å². The lowest BCUT2D eigenvalue weighted by Gasteiger charge is -2.20. The van der Waals surface area contributed by atoms with E-state index in [1.54, 1.807) is 12.1 Å². The molecule has 1 nitrogen and oxygen atoms in total. The Morgan fingerprint density at radius 1 is 1.38 bits per heavy atom. The van der Waals surface area contributed by atoms with Crippen molar-refractivity contribution in [1.82, 2.24) is 0 Å². The molecule has 0 N–H and O–H groups in total. The van der Waals surface area contributed by atoms with Crippen LogP contribution in [-0.2, 0) is 4.74 Å². The van der Waals surface area contributed by atoms with Crippen LogP contribution in [0.5, 0.6) is 0 Å². The average Bonchev–Trinajstić information content (AvgIpc) is 2.67. The number of benzene rings is 1. The van der Waals surface area contributed by atoms with Crippen LogP contribution in [0.2, 0.25) is 0 Å². The topological polar surface area (TPSA) is 9.23 Å². The first kappa shape index (κ1) is 12.1. The molecule has 16 heavy (non-hydrogen) atoms. The predicted octanol–water partition coefficient (Wildman–Crippen LogP) is 3.92. The summed E-state index contributed by atoms with van der Waals surface area (Å²) >= 11 is 3.74. The highest BCUT2D eigenvalue weighted by Gasteiger charge is 2.27. The van der Waals surface area contributed by atoms with E-state index in [9.17, 15) is 4.39 Å². The fourth-order valence-corrected chi connectivity index (χ4v) is 3.52. The van der Waals surface area contributed by atoms with Crippen molar-refractivity contribution >= 4 is 15.9 Å². The van der Waals surface area contributed by atoms with Crippen LogP contribution in [0.3, 0.4) is 0 Å². The maximum Gasteiger partial charge on any atom is 0.123 e. The summed E-state index contributed by atoms with van der Waals surface area (Å²) in [4.78, 5) is 0.274. The Morgan fingerprint density at radius 2 is 2.00 bits per heavy atom. The van der Waals surface area contributed by atoms with E-state index in [2.05, 4.69) is 15.9 Å². The molecule has 1 aromatic carbocycles. The number of halogens is 2. The third-order valence-corrected chi connectivity index (χ3v) is 4.42. The number of aryl methyl sites for hydroxylation is 2. The minimum Gasteiger partial charge on any atom is -0.381 e. The van der Waals surface area contributed by atoms with Gasteiger partial charge in [0.1, 0.15) is 5.82 Å². The van der Waals surface area contributed by atoms with Crippen LogP contribution in [0.15, 0.2) is 12.1 Å². The minimum absolute atomic E-state index is 0.152. The van der Waals surface area contributed by atoms with E-state index in [0.717, 1.165) is 30.8 Å². The highest BCUT2D eigenvalue weighted by molar-refractivity contribution is 9.09. The molecule has 1 heterocycles. The van der Waals surface area contributed by atoms with Crippen molar-refractivity contribution in [1.29, 1.82) is 0 Å². The highest BCUT2D eigenvalue weighted by atomic mass is 79.9. The molecule has 0 bridgehead atoms. The predicted molar refractivity (Wildman–Crippen MR) is 66.5 cm³/mol. The van der Waals surface area contributed by atoms with Gasteiger partial charge in [-0.3, -0.25) is 0 Å². The molecule has 1 aliphatic heterocycles. The molecule has 0 aromatic heterocycles. The lowest BCUT2D eigenvalue weighted by molar-refractivity contribution is 0.185. The molecule has 3 heteroatoms. The van der Waals surface area contributed by atoms with Crippen molar-refractivity contribution in [2.45, 2.75) is 25.1 Å². The molecule has 0 radical (unpaired) electrons. The molecule has 2 unspecified atom stereocenters. The summed E-state index contributed by atoms with van der Waals surface area (Å²) in [6, 6.07) is 3.21. The van der Waals surface area contributed by atoms with Crippen LogP contribution in [0, 0.1) is 25.6 Å². The molecular weight excluding hydrogens is 271 g/mol. The molecule has 0 amide bonds. The summed E-state index contributed by atoms with van der Waals surface area (Å²) in [6.45, 7) is 5.57. The normalized spacial score (nSPS) is 22.4. The van der Waals surface area contributed by atoms with E-state index in [-0.39, 0.29) is 10.6 Å². The summed E-state index contributed by atoms with van der Waals surface area (Å²) in [6.07, 6.45) is 1.08. The molecule has 0 spiro atoms. The van der Waals surface area contributed by atoms with E-state index in [0.29, 0.717) is 5.92 Å². The van der Waals surface area contributed by atoms with Crippen molar-refractivity contribution in [3.05, 3.63) is 34.6 Å². The smallest absolute Gasteiger partial charge is 0.123 e. The average molecular weight is 287 g/mol. The molecule has 1 aromatic rings. The molecule has 1 saturated heterocycles. The first-order valence-corrected chi connectivity index (χ1v) is 6.49. The van der Waals surface area contributed by atoms with Crippen molar-refractivity contribution in [3.8, 4) is 0 Å². The van der Waals surface area contributed by atoms with Crippen LogP contribution >= 0.6 is 15.9 Å². The molecule has 88 valence electrons. The Morgan fingerprint density at radius 3 is 2.50 bits per heavy atom. The van der Waals surface area contributed by atoms with E-state index in [4.69, 9.17) is 4.74 Å². The van der Waals surface area contributed by atoms with Gasteiger partial charge < -0.3 is 4.74 Å². The third kappa shape index (κ3) is 2.30. The van der Waals surface area contributed by atoms with Crippen LogP contribution in [-0.4, -0.2) is 13.2 Å². The van der Waals surface area contributed by atoms with Crippen LogP contribution in [0.25, 0.3) is 0 Å². The van der Waals surface area contributed by atoms with Crippen molar-refractivity contribution < 1.29 is 9.13 Å².